The number of rotatable bonds is 3. The Morgan fingerprint density at radius 3 is 2.09 bits per heavy atom. The summed E-state index contributed by atoms with van der Waals surface area (Å²) in [7, 11) is 0. The molecule has 0 radical (unpaired) electrons. The predicted octanol–water partition coefficient (Wildman–Crippen LogP) is 13.8. The summed E-state index contributed by atoms with van der Waals surface area (Å²) in [5.41, 5.74) is 11.6. The van der Waals surface area contributed by atoms with E-state index in [-0.39, 0.29) is 0 Å². The first-order valence-electron chi connectivity index (χ1n) is 17.8. The Morgan fingerprint density at radius 1 is 0.491 bits per heavy atom. The van der Waals surface area contributed by atoms with Crippen molar-refractivity contribution in [2.24, 2.45) is 0 Å². The van der Waals surface area contributed by atoms with Gasteiger partial charge in [-0.1, -0.05) is 97.1 Å². The van der Waals surface area contributed by atoms with Crippen molar-refractivity contribution >= 4 is 92.2 Å². The van der Waals surface area contributed by atoms with Crippen LogP contribution < -0.4 is 4.90 Å². The fourth-order valence-electron chi connectivity index (χ4n) is 8.32. The predicted molar refractivity (Wildman–Crippen MR) is 222 cm³/mol. The quantitative estimate of drug-likeness (QED) is 0.185. The Hall–Kier alpha value is -6.82. The highest BCUT2D eigenvalue weighted by Gasteiger charge is 2.27. The van der Waals surface area contributed by atoms with Crippen LogP contribution in [0, 0.1) is 0 Å². The lowest BCUT2D eigenvalue weighted by Crippen LogP contribution is -2.15. The number of hydrogen-bond donors (Lipinski definition) is 0. The van der Waals surface area contributed by atoms with Crippen LogP contribution >= 0.6 is 11.3 Å². The lowest BCUT2D eigenvalue weighted by molar-refractivity contribution is 0.669. The van der Waals surface area contributed by atoms with E-state index in [9.17, 15) is 0 Å². The van der Waals surface area contributed by atoms with Crippen LogP contribution in [0.1, 0.15) is 0 Å². The topological polar surface area (TPSA) is 42.2 Å². The van der Waals surface area contributed by atoms with Gasteiger partial charge < -0.3 is 9.32 Å². The van der Waals surface area contributed by atoms with Gasteiger partial charge in [0.15, 0.2) is 5.82 Å². The second-order valence-corrected chi connectivity index (χ2v) is 14.8. The molecule has 8 aromatic carbocycles. The van der Waals surface area contributed by atoms with Gasteiger partial charge in [0, 0.05) is 48.6 Å². The van der Waals surface area contributed by atoms with Gasteiger partial charge in [0.2, 0.25) is 0 Å². The molecule has 0 unspecified atom stereocenters. The van der Waals surface area contributed by atoms with Gasteiger partial charge in [-0.05, 0) is 88.5 Å². The fourth-order valence-corrected chi connectivity index (χ4v) is 9.47. The van der Waals surface area contributed by atoms with Crippen molar-refractivity contribution in [2.75, 3.05) is 4.90 Å². The number of furan rings is 1. The van der Waals surface area contributed by atoms with Crippen molar-refractivity contribution < 1.29 is 4.42 Å². The summed E-state index contributed by atoms with van der Waals surface area (Å²) in [6, 6.07) is 58.4. The zero-order valence-corrected chi connectivity index (χ0v) is 29.1. The first-order chi connectivity index (χ1) is 26.2. The van der Waals surface area contributed by atoms with Gasteiger partial charge in [0.05, 0.1) is 27.3 Å². The number of aromatic nitrogens is 2. The highest BCUT2D eigenvalue weighted by atomic mass is 32.1. The minimum atomic E-state index is 0.699. The van der Waals surface area contributed by atoms with Crippen LogP contribution in [-0.2, 0) is 0 Å². The molecule has 0 bridgehead atoms. The third-order valence-corrected chi connectivity index (χ3v) is 11.9. The SMILES string of the molecule is c1ccc2cc3c(cc2c1)-c1cccc2cccc(c12)N3c1ccc(-c2nc(-c3ccc4c(c3)oc3ccccc34)c3sc4ccccc4c3n2)cc1. The lowest BCUT2D eigenvalue weighted by Gasteiger charge is -2.34. The highest BCUT2D eigenvalue weighted by molar-refractivity contribution is 7.26. The van der Waals surface area contributed by atoms with Crippen molar-refractivity contribution in [3.8, 4) is 33.8 Å². The first kappa shape index (κ1) is 28.8. The summed E-state index contributed by atoms with van der Waals surface area (Å²) in [5.74, 6) is 0.699. The Kier molecular flexibility index (Phi) is 5.90. The standard InChI is InChI=1S/C48H27N3OS/c1-2-10-31-26-40-38(25-30(31)9-1)36-15-7-11-28-12-8-16-39(44(28)36)51(40)33-22-19-29(20-23-33)48-49-45(47-46(50-48)37-14-4-6-18-43(37)53-47)32-21-24-35-34-13-3-5-17-41(34)52-42(35)27-32/h1-27H. The first-order valence-corrected chi connectivity index (χ1v) is 18.6. The number of para-hydroxylation sites is 1. The number of benzene rings is 8. The minimum absolute atomic E-state index is 0.699. The normalized spacial score (nSPS) is 12.5. The summed E-state index contributed by atoms with van der Waals surface area (Å²) < 4.78 is 8.59. The molecule has 0 N–H and O–H groups in total. The molecule has 12 rings (SSSR count). The molecular formula is C48H27N3OS. The van der Waals surface area contributed by atoms with Crippen LogP contribution in [0.4, 0.5) is 17.1 Å². The van der Waals surface area contributed by atoms with Crippen molar-refractivity contribution in [3.63, 3.8) is 0 Å². The number of nitrogens with zero attached hydrogens (tertiary/aromatic N) is 3. The van der Waals surface area contributed by atoms with Crippen LogP contribution in [0.5, 0.6) is 0 Å². The molecule has 0 saturated carbocycles. The number of thiophene rings is 1. The maximum absolute atomic E-state index is 6.32. The molecule has 53 heavy (non-hydrogen) atoms. The molecule has 1 aliphatic rings. The number of hydrogen-bond acceptors (Lipinski definition) is 5. The monoisotopic (exact) mass is 693 g/mol. The molecule has 0 amide bonds. The molecule has 11 aromatic rings. The molecule has 0 atom stereocenters. The van der Waals surface area contributed by atoms with Crippen LogP contribution in [0.2, 0.25) is 0 Å². The van der Waals surface area contributed by atoms with E-state index in [2.05, 4.69) is 157 Å². The van der Waals surface area contributed by atoms with Crippen molar-refractivity contribution in [2.45, 2.75) is 0 Å². The molecule has 0 saturated heterocycles. The lowest BCUT2D eigenvalue weighted by atomic mass is 9.89. The molecule has 4 heterocycles. The smallest absolute Gasteiger partial charge is 0.160 e. The molecular weight excluding hydrogens is 667 g/mol. The van der Waals surface area contributed by atoms with E-state index in [0.717, 1.165) is 60.0 Å². The summed E-state index contributed by atoms with van der Waals surface area (Å²) >= 11 is 1.74. The highest BCUT2D eigenvalue weighted by Crippen LogP contribution is 2.52. The summed E-state index contributed by atoms with van der Waals surface area (Å²) in [6.45, 7) is 0. The van der Waals surface area contributed by atoms with Crippen molar-refractivity contribution in [1.29, 1.82) is 0 Å². The maximum atomic E-state index is 6.32. The third-order valence-electron chi connectivity index (χ3n) is 10.8. The van der Waals surface area contributed by atoms with Gasteiger partial charge in [-0.2, -0.15) is 0 Å². The molecule has 0 spiro atoms. The van der Waals surface area contributed by atoms with Crippen molar-refractivity contribution in [1.82, 2.24) is 9.97 Å². The van der Waals surface area contributed by atoms with Crippen LogP contribution in [0.3, 0.4) is 0 Å². The Bertz CT molecular complexity index is 3300. The molecule has 3 aromatic heterocycles. The molecule has 0 fully saturated rings. The van der Waals surface area contributed by atoms with Crippen LogP contribution in [0.25, 0.3) is 97.6 Å². The van der Waals surface area contributed by atoms with Gasteiger partial charge >= 0.3 is 0 Å². The molecule has 5 heteroatoms. The minimum Gasteiger partial charge on any atom is -0.456 e. The summed E-state index contributed by atoms with van der Waals surface area (Å²) in [6.07, 6.45) is 0. The van der Waals surface area contributed by atoms with Gasteiger partial charge in [-0.15, -0.1) is 11.3 Å². The number of anilines is 3. The Balaban J connectivity index is 1.04. The van der Waals surface area contributed by atoms with Crippen LogP contribution in [-0.4, -0.2) is 9.97 Å². The van der Waals surface area contributed by atoms with Gasteiger partial charge in [0.25, 0.3) is 0 Å². The largest absolute Gasteiger partial charge is 0.456 e. The zero-order valence-electron chi connectivity index (χ0n) is 28.2. The van der Waals surface area contributed by atoms with E-state index in [0.29, 0.717) is 5.82 Å². The maximum Gasteiger partial charge on any atom is 0.160 e. The van der Waals surface area contributed by atoms with E-state index in [4.69, 9.17) is 14.4 Å². The van der Waals surface area contributed by atoms with Gasteiger partial charge in [0.1, 0.15) is 11.2 Å². The van der Waals surface area contributed by atoms with Crippen molar-refractivity contribution in [3.05, 3.63) is 164 Å². The van der Waals surface area contributed by atoms with E-state index in [1.807, 2.05) is 12.1 Å². The van der Waals surface area contributed by atoms with E-state index >= 15 is 0 Å². The second kappa shape index (κ2) is 10.8. The van der Waals surface area contributed by atoms with Crippen LogP contribution in [0.15, 0.2) is 168 Å². The zero-order chi connectivity index (χ0) is 34.6. The van der Waals surface area contributed by atoms with Gasteiger partial charge in [-0.25, -0.2) is 9.97 Å². The molecule has 4 nitrogen and oxygen atoms in total. The average Bonchev–Trinajstić information content (AvgIpc) is 3.78. The molecule has 246 valence electrons. The Morgan fingerprint density at radius 2 is 1.21 bits per heavy atom. The molecule has 1 aliphatic heterocycles. The molecule has 0 aliphatic carbocycles. The van der Waals surface area contributed by atoms with E-state index in [1.165, 1.54) is 48.7 Å². The fraction of sp³-hybridized carbons (Fsp3) is 0. The average molecular weight is 694 g/mol. The summed E-state index contributed by atoms with van der Waals surface area (Å²) in [4.78, 5) is 13.0. The second-order valence-electron chi connectivity index (χ2n) is 13.8. The number of fused-ring (bicyclic) bond motifs is 9. The van der Waals surface area contributed by atoms with E-state index in [1.54, 1.807) is 11.3 Å². The summed E-state index contributed by atoms with van der Waals surface area (Å²) in [5, 5.41) is 8.33. The van der Waals surface area contributed by atoms with E-state index < -0.39 is 0 Å². The van der Waals surface area contributed by atoms with Gasteiger partial charge in [-0.3, -0.25) is 0 Å². The third kappa shape index (κ3) is 4.23. The Labute approximate surface area is 307 Å².